The van der Waals surface area contributed by atoms with Crippen LogP contribution < -0.4 is 5.32 Å². The van der Waals surface area contributed by atoms with Crippen LogP contribution in [-0.4, -0.2) is 10.9 Å². The maximum atomic E-state index is 13.1. The number of nitrogens with zero attached hydrogens (tertiary/aromatic N) is 1. The van der Waals surface area contributed by atoms with E-state index >= 15 is 0 Å². The Balaban J connectivity index is 2.30. The van der Waals surface area contributed by atoms with Gasteiger partial charge in [-0.05, 0) is 36.2 Å². The topological polar surface area (TPSA) is 42.0 Å². The third-order valence-corrected chi connectivity index (χ3v) is 3.54. The second-order valence-electron chi connectivity index (χ2n) is 4.10. The highest BCUT2D eigenvalue weighted by atomic mass is 79.9. The second-order valence-corrected chi connectivity index (χ2v) is 5.37. The monoisotopic (exact) mass is 356 g/mol. The molecule has 1 aromatic heterocycles. The number of aryl methyl sites for hydroxylation is 1. The van der Waals surface area contributed by atoms with Crippen molar-refractivity contribution in [2.45, 2.75) is 13.3 Å². The molecule has 1 aromatic carbocycles. The molecule has 1 N–H and O–H groups in total. The fourth-order valence-corrected chi connectivity index (χ4v) is 2.35. The zero-order valence-corrected chi connectivity index (χ0v) is 12.9. The van der Waals surface area contributed by atoms with Crippen molar-refractivity contribution < 1.29 is 9.18 Å². The molecule has 0 bridgehead atoms. The van der Waals surface area contributed by atoms with E-state index in [9.17, 15) is 9.18 Å². The number of rotatable bonds is 3. The van der Waals surface area contributed by atoms with Gasteiger partial charge in [0.05, 0.1) is 11.8 Å². The maximum absolute atomic E-state index is 13.1. The van der Waals surface area contributed by atoms with Crippen LogP contribution >= 0.6 is 27.5 Å². The van der Waals surface area contributed by atoms with Crippen LogP contribution in [0.3, 0.4) is 0 Å². The summed E-state index contributed by atoms with van der Waals surface area (Å²) in [6.07, 6.45) is 1.72. The lowest BCUT2D eigenvalue weighted by molar-refractivity contribution is 0.102. The van der Waals surface area contributed by atoms with Crippen molar-refractivity contribution in [1.82, 2.24) is 4.98 Å². The molecule has 0 saturated heterocycles. The first-order valence-corrected chi connectivity index (χ1v) is 7.09. The second kappa shape index (κ2) is 6.33. The van der Waals surface area contributed by atoms with Gasteiger partial charge >= 0.3 is 0 Å². The third-order valence-electron chi connectivity index (χ3n) is 2.75. The summed E-state index contributed by atoms with van der Waals surface area (Å²) in [5.74, 6) is -1.09. The van der Waals surface area contributed by atoms with E-state index in [4.69, 9.17) is 11.6 Å². The van der Waals surface area contributed by atoms with E-state index in [0.717, 1.165) is 28.7 Å². The lowest BCUT2D eigenvalue weighted by Crippen LogP contribution is -2.14. The highest BCUT2D eigenvalue weighted by molar-refractivity contribution is 9.10. The van der Waals surface area contributed by atoms with Crippen molar-refractivity contribution in [2.24, 2.45) is 0 Å². The first-order valence-electron chi connectivity index (χ1n) is 5.92. The number of hydrogen-bond acceptors (Lipinski definition) is 2. The Morgan fingerprint density at radius 1 is 1.45 bits per heavy atom. The zero-order chi connectivity index (χ0) is 14.7. The van der Waals surface area contributed by atoms with E-state index in [-0.39, 0.29) is 10.7 Å². The average Bonchev–Trinajstić information content (AvgIpc) is 2.43. The Labute approximate surface area is 129 Å². The summed E-state index contributed by atoms with van der Waals surface area (Å²) >= 11 is 9.19. The molecule has 6 heteroatoms. The molecule has 2 aromatic rings. The van der Waals surface area contributed by atoms with Crippen LogP contribution in [0, 0.1) is 5.82 Å². The number of nitrogens with one attached hydrogen (secondary N) is 1. The molecular formula is C14H11BrClFN2O. The minimum atomic E-state index is -0.605. The number of carbonyl (C=O) groups is 1. The molecule has 2 rings (SSSR count). The van der Waals surface area contributed by atoms with Crippen molar-refractivity contribution in [1.29, 1.82) is 0 Å². The Morgan fingerprint density at radius 3 is 2.90 bits per heavy atom. The van der Waals surface area contributed by atoms with Crippen LogP contribution in [0.15, 0.2) is 34.9 Å². The van der Waals surface area contributed by atoms with Crippen LogP contribution in [-0.2, 0) is 6.42 Å². The van der Waals surface area contributed by atoms with Crippen LogP contribution in [0.2, 0.25) is 5.15 Å². The fourth-order valence-electron chi connectivity index (χ4n) is 1.75. The molecular weight excluding hydrogens is 347 g/mol. The molecule has 0 unspecified atom stereocenters. The van der Waals surface area contributed by atoms with Crippen molar-refractivity contribution in [3.05, 3.63) is 57.0 Å². The van der Waals surface area contributed by atoms with E-state index in [1.807, 2.05) is 19.1 Å². The molecule has 0 fully saturated rings. The third kappa shape index (κ3) is 3.35. The number of hydrogen-bond donors (Lipinski definition) is 1. The quantitative estimate of drug-likeness (QED) is 0.825. The smallest absolute Gasteiger partial charge is 0.258 e. The molecule has 0 radical (unpaired) electrons. The molecule has 20 heavy (non-hydrogen) atoms. The summed E-state index contributed by atoms with van der Waals surface area (Å²) in [7, 11) is 0. The standard InChI is InChI=1S/C14H11BrClFN2O/c1-2-8-5-9(15)3-4-12(8)19-14(20)11-6-10(17)7-18-13(11)16/h3-7H,2H2,1H3,(H,19,20). The highest BCUT2D eigenvalue weighted by Gasteiger charge is 2.14. The van der Waals surface area contributed by atoms with Gasteiger partial charge in [-0.15, -0.1) is 0 Å². The van der Waals surface area contributed by atoms with E-state index in [1.165, 1.54) is 0 Å². The number of carbonyl (C=O) groups excluding carboxylic acids is 1. The highest BCUT2D eigenvalue weighted by Crippen LogP contribution is 2.23. The van der Waals surface area contributed by atoms with E-state index < -0.39 is 11.7 Å². The number of pyridine rings is 1. The SMILES string of the molecule is CCc1cc(Br)ccc1NC(=O)c1cc(F)cnc1Cl. The normalized spacial score (nSPS) is 10.4. The lowest BCUT2D eigenvalue weighted by Gasteiger charge is -2.11. The summed E-state index contributed by atoms with van der Waals surface area (Å²) in [6, 6.07) is 6.58. The van der Waals surface area contributed by atoms with Crippen LogP contribution in [0.4, 0.5) is 10.1 Å². The molecule has 1 amide bonds. The van der Waals surface area contributed by atoms with E-state index in [0.29, 0.717) is 5.69 Å². The van der Waals surface area contributed by atoms with Gasteiger partial charge in [-0.25, -0.2) is 9.37 Å². The minimum absolute atomic E-state index is 0.0108. The van der Waals surface area contributed by atoms with E-state index in [2.05, 4.69) is 26.2 Å². The van der Waals surface area contributed by atoms with Gasteiger partial charge in [0.2, 0.25) is 0 Å². The predicted octanol–water partition coefficient (Wildman–Crippen LogP) is 4.45. The van der Waals surface area contributed by atoms with Crippen molar-refractivity contribution >= 4 is 39.1 Å². The number of halogens is 3. The van der Waals surface area contributed by atoms with Gasteiger partial charge in [-0.1, -0.05) is 34.5 Å². The molecule has 0 atom stereocenters. The van der Waals surface area contributed by atoms with Crippen molar-refractivity contribution in [3.8, 4) is 0 Å². The van der Waals surface area contributed by atoms with Crippen LogP contribution in [0.1, 0.15) is 22.8 Å². The van der Waals surface area contributed by atoms with Gasteiger partial charge in [0.1, 0.15) is 11.0 Å². The maximum Gasteiger partial charge on any atom is 0.258 e. The summed E-state index contributed by atoms with van der Waals surface area (Å²) in [4.78, 5) is 15.7. The Hall–Kier alpha value is -1.46. The van der Waals surface area contributed by atoms with Crippen molar-refractivity contribution in [3.63, 3.8) is 0 Å². The van der Waals surface area contributed by atoms with Crippen molar-refractivity contribution in [2.75, 3.05) is 5.32 Å². The largest absolute Gasteiger partial charge is 0.322 e. The number of amides is 1. The number of aromatic nitrogens is 1. The molecule has 0 aliphatic carbocycles. The molecule has 1 heterocycles. The van der Waals surface area contributed by atoms with Gasteiger partial charge in [-0.2, -0.15) is 0 Å². The summed E-state index contributed by atoms with van der Waals surface area (Å²) in [6.45, 7) is 1.98. The number of benzene rings is 1. The molecule has 0 aliphatic heterocycles. The molecule has 0 aliphatic rings. The Kier molecular flexibility index (Phi) is 4.73. The minimum Gasteiger partial charge on any atom is -0.322 e. The lowest BCUT2D eigenvalue weighted by atomic mass is 10.1. The first kappa shape index (κ1) is 14.9. The molecule has 104 valence electrons. The molecule has 3 nitrogen and oxygen atoms in total. The number of anilines is 1. The summed E-state index contributed by atoms with van der Waals surface area (Å²) in [5.41, 5.74) is 1.64. The van der Waals surface area contributed by atoms with Gasteiger partial charge in [-0.3, -0.25) is 4.79 Å². The zero-order valence-electron chi connectivity index (χ0n) is 10.6. The van der Waals surface area contributed by atoms with E-state index in [1.54, 1.807) is 6.07 Å². The van der Waals surface area contributed by atoms with Gasteiger partial charge in [0, 0.05) is 10.2 Å². The summed E-state index contributed by atoms with van der Waals surface area (Å²) in [5, 5.41) is 2.69. The van der Waals surface area contributed by atoms with Gasteiger partial charge in [0.25, 0.3) is 5.91 Å². The predicted molar refractivity (Wildman–Crippen MR) is 80.7 cm³/mol. The first-order chi connectivity index (χ1) is 9.51. The van der Waals surface area contributed by atoms with Crippen LogP contribution in [0.25, 0.3) is 0 Å². The summed E-state index contributed by atoms with van der Waals surface area (Å²) < 4.78 is 14.1. The Bertz CT molecular complexity index is 664. The molecule has 0 spiro atoms. The molecule has 0 saturated carbocycles. The van der Waals surface area contributed by atoms with Crippen LogP contribution in [0.5, 0.6) is 0 Å². The average molecular weight is 358 g/mol. The fraction of sp³-hybridized carbons (Fsp3) is 0.143. The van der Waals surface area contributed by atoms with Gasteiger partial charge in [0.15, 0.2) is 0 Å². The Morgan fingerprint density at radius 2 is 2.20 bits per heavy atom. The van der Waals surface area contributed by atoms with Gasteiger partial charge < -0.3 is 5.32 Å².